The van der Waals surface area contributed by atoms with E-state index in [0.717, 1.165) is 47.0 Å². The highest BCUT2D eigenvalue weighted by Crippen LogP contribution is 2.29. The lowest BCUT2D eigenvalue weighted by Crippen LogP contribution is -2.47. The van der Waals surface area contributed by atoms with Crippen LogP contribution in [0.15, 0.2) is 36.4 Å². The predicted molar refractivity (Wildman–Crippen MR) is 121 cm³/mol. The zero-order chi connectivity index (χ0) is 21.8. The highest BCUT2D eigenvalue weighted by atomic mass is 32.2. The Kier molecular flexibility index (Phi) is 7.47. The fourth-order valence-corrected chi connectivity index (χ4v) is 4.86. The third-order valence-corrected chi connectivity index (χ3v) is 6.34. The summed E-state index contributed by atoms with van der Waals surface area (Å²) >= 11 is 0. The summed E-state index contributed by atoms with van der Waals surface area (Å²) < 4.78 is 26.8. The molecule has 0 unspecified atom stereocenters. The summed E-state index contributed by atoms with van der Waals surface area (Å²) in [6.45, 7) is 9.69. The second kappa shape index (κ2) is 9.44. The fraction of sp³-hybridized carbons (Fsp3) is 0.435. The van der Waals surface area contributed by atoms with Crippen LogP contribution < -0.4 is 9.62 Å². The molecule has 0 aliphatic heterocycles. The lowest BCUT2D eigenvalue weighted by atomic mass is 10.0. The normalized spacial score (nSPS) is 12.5. The number of hydrogen-bond donors (Lipinski definition) is 1. The molecule has 0 radical (unpaired) electrons. The minimum Gasteiger partial charge on any atom is -0.324 e. The van der Waals surface area contributed by atoms with Crippen molar-refractivity contribution in [1.82, 2.24) is 0 Å². The Balaban J connectivity index is 2.52. The van der Waals surface area contributed by atoms with Crippen molar-refractivity contribution < 1.29 is 13.2 Å². The number of para-hydroxylation sites is 1. The zero-order valence-corrected chi connectivity index (χ0v) is 19.1. The van der Waals surface area contributed by atoms with Gasteiger partial charge in [-0.15, -0.1) is 0 Å². The molecule has 158 valence electrons. The molecule has 0 fully saturated rings. The smallest absolute Gasteiger partial charge is 0.248 e. The van der Waals surface area contributed by atoms with Gasteiger partial charge in [-0.3, -0.25) is 9.10 Å². The standard InChI is InChI=1S/C23H32N2O3S/c1-7-18-11-10-12-19(8-2)22(18)24-23(26)20(9-3)25(29(6,27)28)21-15-16(4)13-14-17(21)5/h10-15,20H,7-9H2,1-6H3,(H,24,26)/t20-/m0/s1. The van der Waals surface area contributed by atoms with Crippen molar-refractivity contribution in [2.45, 2.75) is 59.9 Å². The van der Waals surface area contributed by atoms with Crippen molar-refractivity contribution >= 4 is 27.3 Å². The largest absolute Gasteiger partial charge is 0.324 e. The molecular weight excluding hydrogens is 384 g/mol. The Bertz CT molecular complexity index is 961. The highest BCUT2D eigenvalue weighted by Gasteiger charge is 2.33. The van der Waals surface area contributed by atoms with Crippen LogP contribution in [0.4, 0.5) is 11.4 Å². The molecule has 2 rings (SSSR count). The summed E-state index contributed by atoms with van der Waals surface area (Å²) in [5.41, 5.74) is 5.20. The van der Waals surface area contributed by atoms with E-state index in [0.29, 0.717) is 12.1 Å². The first-order valence-corrected chi connectivity index (χ1v) is 12.0. The maximum Gasteiger partial charge on any atom is 0.248 e. The SMILES string of the molecule is CCc1cccc(CC)c1NC(=O)[C@H](CC)N(c1cc(C)ccc1C)S(C)(=O)=O. The molecule has 29 heavy (non-hydrogen) atoms. The van der Waals surface area contributed by atoms with Crippen molar-refractivity contribution in [1.29, 1.82) is 0 Å². The number of amides is 1. The molecule has 0 bridgehead atoms. The van der Waals surface area contributed by atoms with Crippen LogP contribution >= 0.6 is 0 Å². The van der Waals surface area contributed by atoms with Crippen LogP contribution in [0.2, 0.25) is 0 Å². The third kappa shape index (κ3) is 5.18. The van der Waals surface area contributed by atoms with E-state index < -0.39 is 16.1 Å². The molecule has 5 nitrogen and oxygen atoms in total. The summed E-state index contributed by atoms with van der Waals surface area (Å²) in [6, 6.07) is 10.8. The van der Waals surface area contributed by atoms with E-state index in [1.54, 1.807) is 0 Å². The number of rotatable bonds is 8. The van der Waals surface area contributed by atoms with E-state index in [4.69, 9.17) is 0 Å². The topological polar surface area (TPSA) is 66.5 Å². The summed E-state index contributed by atoms with van der Waals surface area (Å²) in [5, 5.41) is 3.04. The quantitative estimate of drug-likeness (QED) is 0.683. The number of anilines is 2. The van der Waals surface area contributed by atoms with Gasteiger partial charge in [0.25, 0.3) is 0 Å². The van der Waals surface area contributed by atoms with E-state index in [9.17, 15) is 13.2 Å². The zero-order valence-electron chi connectivity index (χ0n) is 18.2. The number of carbonyl (C=O) groups is 1. The van der Waals surface area contributed by atoms with E-state index in [2.05, 4.69) is 5.32 Å². The average Bonchev–Trinajstić information content (AvgIpc) is 2.67. The van der Waals surface area contributed by atoms with E-state index >= 15 is 0 Å². The van der Waals surface area contributed by atoms with Crippen LogP contribution in [0.5, 0.6) is 0 Å². The Labute approximate surface area is 175 Å². The maximum atomic E-state index is 13.3. The number of benzene rings is 2. The number of sulfonamides is 1. The van der Waals surface area contributed by atoms with Gasteiger partial charge in [-0.1, -0.05) is 51.1 Å². The van der Waals surface area contributed by atoms with E-state index in [-0.39, 0.29) is 5.91 Å². The van der Waals surface area contributed by atoms with Gasteiger partial charge in [0, 0.05) is 5.69 Å². The van der Waals surface area contributed by atoms with Gasteiger partial charge in [-0.05, 0) is 61.4 Å². The number of carbonyl (C=O) groups excluding carboxylic acids is 1. The number of hydrogen-bond acceptors (Lipinski definition) is 3. The molecule has 0 aliphatic rings. The van der Waals surface area contributed by atoms with Crippen molar-refractivity contribution in [3.63, 3.8) is 0 Å². The van der Waals surface area contributed by atoms with Crippen LogP contribution in [0.25, 0.3) is 0 Å². The Morgan fingerprint density at radius 3 is 2.10 bits per heavy atom. The van der Waals surface area contributed by atoms with Crippen LogP contribution in [0.3, 0.4) is 0 Å². The molecule has 0 spiro atoms. The van der Waals surface area contributed by atoms with Gasteiger partial charge < -0.3 is 5.32 Å². The molecule has 1 atom stereocenters. The Hall–Kier alpha value is -2.34. The molecule has 0 heterocycles. The molecule has 1 amide bonds. The second-order valence-electron chi connectivity index (χ2n) is 7.42. The summed E-state index contributed by atoms with van der Waals surface area (Å²) in [6.07, 6.45) is 3.09. The number of nitrogens with one attached hydrogen (secondary N) is 1. The molecule has 0 aromatic heterocycles. The lowest BCUT2D eigenvalue weighted by Gasteiger charge is -2.32. The molecular formula is C23H32N2O3S. The predicted octanol–water partition coefficient (Wildman–Crippen LogP) is 4.61. The van der Waals surface area contributed by atoms with Gasteiger partial charge in [0.1, 0.15) is 6.04 Å². The van der Waals surface area contributed by atoms with Crippen molar-refractivity contribution in [2.24, 2.45) is 0 Å². The average molecular weight is 417 g/mol. The Morgan fingerprint density at radius 1 is 1.03 bits per heavy atom. The highest BCUT2D eigenvalue weighted by molar-refractivity contribution is 7.92. The molecule has 2 aromatic rings. The molecule has 0 saturated carbocycles. The monoisotopic (exact) mass is 416 g/mol. The Morgan fingerprint density at radius 2 is 1.62 bits per heavy atom. The fourth-order valence-electron chi connectivity index (χ4n) is 3.60. The molecule has 6 heteroatoms. The molecule has 0 aliphatic carbocycles. The van der Waals surface area contributed by atoms with Crippen molar-refractivity contribution in [3.05, 3.63) is 58.7 Å². The van der Waals surface area contributed by atoms with Crippen LogP contribution in [0.1, 0.15) is 49.4 Å². The van der Waals surface area contributed by atoms with Gasteiger partial charge in [0.05, 0.1) is 11.9 Å². The van der Waals surface area contributed by atoms with Gasteiger partial charge in [-0.2, -0.15) is 0 Å². The second-order valence-corrected chi connectivity index (χ2v) is 9.28. The van der Waals surface area contributed by atoms with Crippen molar-refractivity contribution in [3.8, 4) is 0 Å². The maximum absolute atomic E-state index is 13.3. The number of nitrogens with zero attached hydrogens (tertiary/aromatic N) is 1. The summed E-state index contributed by atoms with van der Waals surface area (Å²) in [4.78, 5) is 13.3. The van der Waals surface area contributed by atoms with Gasteiger partial charge >= 0.3 is 0 Å². The molecule has 2 aromatic carbocycles. The van der Waals surface area contributed by atoms with Crippen LogP contribution in [-0.4, -0.2) is 26.6 Å². The molecule has 1 N–H and O–H groups in total. The third-order valence-electron chi connectivity index (χ3n) is 5.18. The van der Waals surface area contributed by atoms with Gasteiger partial charge in [-0.25, -0.2) is 8.42 Å². The van der Waals surface area contributed by atoms with E-state index in [1.165, 1.54) is 4.31 Å². The van der Waals surface area contributed by atoms with Gasteiger partial charge in [0.15, 0.2) is 0 Å². The summed E-state index contributed by atoms with van der Waals surface area (Å²) in [7, 11) is -3.66. The number of aryl methyl sites for hydroxylation is 4. The van der Waals surface area contributed by atoms with Gasteiger partial charge in [0.2, 0.25) is 15.9 Å². The first-order chi connectivity index (χ1) is 13.6. The molecule has 0 saturated heterocycles. The lowest BCUT2D eigenvalue weighted by molar-refractivity contribution is -0.117. The van der Waals surface area contributed by atoms with Crippen LogP contribution in [0, 0.1) is 13.8 Å². The minimum atomic E-state index is -3.66. The van der Waals surface area contributed by atoms with Crippen LogP contribution in [-0.2, 0) is 27.7 Å². The summed E-state index contributed by atoms with van der Waals surface area (Å²) in [5.74, 6) is -0.311. The van der Waals surface area contributed by atoms with Crippen molar-refractivity contribution in [2.75, 3.05) is 15.9 Å². The minimum absolute atomic E-state index is 0.311. The first kappa shape index (κ1) is 22.9. The first-order valence-electron chi connectivity index (χ1n) is 10.1. The van der Waals surface area contributed by atoms with E-state index in [1.807, 2.05) is 71.0 Å².